The van der Waals surface area contributed by atoms with Crippen molar-refractivity contribution in [2.75, 3.05) is 41.4 Å². The lowest BCUT2D eigenvalue weighted by Crippen LogP contribution is -2.54. The summed E-state index contributed by atoms with van der Waals surface area (Å²) in [5.41, 5.74) is 0.751. The molecule has 11 nitrogen and oxygen atoms in total. The van der Waals surface area contributed by atoms with Gasteiger partial charge in [0, 0.05) is 34.1 Å². The lowest BCUT2D eigenvalue weighted by Gasteiger charge is -2.39. The summed E-state index contributed by atoms with van der Waals surface area (Å²) in [6.45, 7) is 5.54. The van der Waals surface area contributed by atoms with Crippen LogP contribution in [-0.4, -0.2) is 117 Å². The number of nitrogens with one attached hydrogen (secondary N) is 2. The molecule has 12 heteroatoms. The summed E-state index contributed by atoms with van der Waals surface area (Å²) >= 11 is 0. The number of halogens is 1. The molecule has 1 aliphatic rings. The Morgan fingerprint density at radius 1 is 1.14 bits per heavy atom. The number of likely N-dealkylation sites (N-methyl/N-ethyl adjacent to an activating group) is 2. The average Bonchev–Trinajstić information content (AvgIpc) is 3.37. The van der Waals surface area contributed by atoms with Crippen molar-refractivity contribution in [2.45, 2.75) is 83.0 Å². The maximum absolute atomic E-state index is 14.9. The number of carboxylic acid groups (broad SMARTS) is 1. The van der Waals surface area contributed by atoms with Gasteiger partial charge in [0.2, 0.25) is 17.7 Å². The average molecular weight is 609 g/mol. The number of carbonyl (C=O) groups excluding carboxylic acids is 3. The first kappa shape index (κ1) is 36.1. The van der Waals surface area contributed by atoms with Crippen molar-refractivity contribution >= 4 is 23.7 Å². The van der Waals surface area contributed by atoms with Crippen LogP contribution in [0.2, 0.25) is 0 Å². The minimum absolute atomic E-state index is 0.0142. The Labute approximate surface area is 254 Å². The van der Waals surface area contributed by atoms with Crippen molar-refractivity contribution in [3.8, 4) is 0 Å². The number of hydrogen-bond donors (Lipinski definition) is 3. The largest absolute Gasteiger partial charge is 0.480 e. The van der Waals surface area contributed by atoms with Gasteiger partial charge in [-0.2, -0.15) is 0 Å². The van der Waals surface area contributed by atoms with E-state index in [4.69, 9.17) is 9.47 Å². The van der Waals surface area contributed by atoms with E-state index in [1.165, 1.54) is 19.1 Å². The van der Waals surface area contributed by atoms with Crippen LogP contribution in [0.25, 0.3) is 0 Å². The van der Waals surface area contributed by atoms with Gasteiger partial charge < -0.3 is 35.0 Å². The van der Waals surface area contributed by atoms with Gasteiger partial charge in [0.15, 0.2) is 0 Å². The number of alkyl halides is 1. The third kappa shape index (κ3) is 9.70. The molecular weight excluding hydrogens is 559 g/mol. The Morgan fingerprint density at radius 3 is 2.33 bits per heavy atom. The molecule has 0 spiro atoms. The van der Waals surface area contributed by atoms with E-state index < -0.39 is 54.3 Å². The molecule has 3 amide bonds. The molecule has 1 heterocycles. The van der Waals surface area contributed by atoms with Crippen LogP contribution in [0.5, 0.6) is 0 Å². The van der Waals surface area contributed by atoms with E-state index in [1.807, 2.05) is 19.9 Å². The Balaban J connectivity index is 2.22. The zero-order valence-electron chi connectivity index (χ0n) is 26.4. The molecule has 2 rings (SSSR count). The summed E-state index contributed by atoms with van der Waals surface area (Å²) in [6.07, 6.45) is -2.14. The number of carbonyl (C=O) groups is 4. The van der Waals surface area contributed by atoms with Gasteiger partial charge in [-0.25, -0.2) is 9.18 Å². The first-order valence-corrected chi connectivity index (χ1v) is 14.9. The number of carboxylic acids is 1. The third-order valence-corrected chi connectivity index (χ3v) is 8.52. The van der Waals surface area contributed by atoms with E-state index in [1.54, 1.807) is 50.2 Å². The third-order valence-electron chi connectivity index (χ3n) is 8.52. The van der Waals surface area contributed by atoms with Crippen LogP contribution in [-0.2, 0) is 35.1 Å². The number of likely N-dealkylation sites (tertiary alicyclic amines) is 1. The van der Waals surface area contributed by atoms with Gasteiger partial charge in [0.05, 0.1) is 49.7 Å². The first-order valence-electron chi connectivity index (χ1n) is 14.9. The van der Waals surface area contributed by atoms with Crippen molar-refractivity contribution in [1.82, 2.24) is 20.4 Å². The molecular formula is C31H49FN4O7. The lowest BCUT2D eigenvalue weighted by atomic mass is 9.90. The van der Waals surface area contributed by atoms with Crippen LogP contribution in [0.1, 0.15) is 45.6 Å². The molecule has 2 unspecified atom stereocenters. The second-order valence-electron chi connectivity index (χ2n) is 11.4. The fourth-order valence-corrected chi connectivity index (χ4v) is 5.92. The van der Waals surface area contributed by atoms with Crippen molar-refractivity contribution in [3.05, 3.63) is 35.9 Å². The molecule has 242 valence electrons. The molecule has 3 N–H and O–H groups in total. The van der Waals surface area contributed by atoms with Gasteiger partial charge in [-0.3, -0.25) is 14.4 Å². The Morgan fingerprint density at radius 2 is 1.79 bits per heavy atom. The smallest absolute Gasteiger partial charge is 0.326 e. The molecule has 0 saturated carbocycles. The van der Waals surface area contributed by atoms with Gasteiger partial charge in [-0.15, -0.1) is 0 Å². The van der Waals surface area contributed by atoms with Crippen LogP contribution in [0.4, 0.5) is 4.39 Å². The number of amides is 3. The molecule has 0 aliphatic carbocycles. The highest BCUT2D eigenvalue weighted by atomic mass is 19.1. The highest BCUT2D eigenvalue weighted by molar-refractivity contribution is 5.85. The number of methoxy groups -OCH3 is 2. The molecule has 0 radical (unpaired) electrons. The number of benzene rings is 1. The van der Waals surface area contributed by atoms with Crippen LogP contribution in [0.15, 0.2) is 30.3 Å². The van der Waals surface area contributed by atoms with Gasteiger partial charge in [-0.1, -0.05) is 57.5 Å². The summed E-state index contributed by atoms with van der Waals surface area (Å²) in [7, 11) is 6.25. The van der Waals surface area contributed by atoms with E-state index in [-0.39, 0.29) is 50.1 Å². The highest BCUT2D eigenvalue weighted by Crippen LogP contribution is 2.30. The molecule has 1 aliphatic heterocycles. The summed E-state index contributed by atoms with van der Waals surface area (Å²) in [5, 5.41) is 15.2. The van der Waals surface area contributed by atoms with Crippen molar-refractivity contribution in [2.24, 2.45) is 11.8 Å². The SMILES string of the molecule is CC[C@H](C)[C@@H](C(CC(=O)N1CC(F)C[C@H]1[C@H](OC)[C@@H](C)C(=O)N[C@@H](Cc1ccccc1)C(=O)O)OC)N(C)C(=O)CNC. The standard InChI is InChI=1S/C31H49FN4O7/c1-8-19(2)28(35(5)27(38)17-33-4)25(42-6)16-26(37)36-18-22(32)15-24(36)29(43-7)20(3)30(39)34-23(31(40)41)14-21-12-10-9-11-13-21/h9-13,19-20,22-25,28-29,33H,8,14-18H2,1-7H3,(H,34,39)(H,40,41)/t19-,20+,22?,23-,24-,25?,28-,29+/m0/s1. The zero-order valence-corrected chi connectivity index (χ0v) is 26.4. The predicted octanol–water partition coefficient (Wildman–Crippen LogP) is 1.89. The van der Waals surface area contributed by atoms with Crippen LogP contribution in [0, 0.1) is 11.8 Å². The summed E-state index contributed by atoms with van der Waals surface area (Å²) in [5.74, 6) is -3.14. The second-order valence-corrected chi connectivity index (χ2v) is 11.4. The molecule has 1 aromatic rings. The van der Waals surface area contributed by atoms with Crippen molar-refractivity contribution in [1.29, 1.82) is 0 Å². The van der Waals surface area contributed by atoms with E-state index in [9.17, 15) is 28.7 Å². The zero-order chi connectivity index (χ0) is 32.3. The van der Waals surface area contributed by atoms with E-state index in [0.29, 0.717) is 0 Å². The summed E-state index contributed by atoms with van der Waals surface area (Å²) in [6, 6.07) is 6.62. The quantitative estimate of drug-likeness (QED) is 0.244. The van der Waals surface area contributed by atoms with Gasteiger partial charge >= 0.3 is 5.97 Å². The molecule has 1 aromatic carbocycles. The number of rotatable bonds is 17. The van der Waals surface area contributed by atoms with Gasteiger partial charge in [0.25, 0.3) is 0 Å². The Bertz CT molecular complexity index is 1060. The maximum Gasteiger partial charge on any atom is 0.326 e. The first-order chi connectivity index (χ1) is 20.4. The van der Waals surface area contributed by atoms with Crippen LogP contribution in [0.3, 0.4) is 0 Å². The fourth-order valence-electron chi connectivity index (χ4n) is 5.92. The van der Waals surface area contributed by atoms with E-state index >= 15 is 0 Å². The summed E-state index contributed by atoms with van der Waals surface area (Å²) < 4.78 is 26.3. The van der Waals surface area contributed by atoms with Crippen LogP contribution < -0.4 is 10.6 Å². The van der Waals surface area contributed by atoms with E-state index in [0.717, 1.165) is 12.0 Å². The van der Waals surface area contributed by atoms with Crippen molar-refractivity contribution in [3.63, 3.8) is 0 Å². The molecule has 0 aromatic heterocycles. The molecule has 0 bridgehead atoms. The minimum atomic E-state index is -1.32. The molecule has 43 heavy (non-hydrogen) atoms. The number of hydrogen-bond acceptors (Lipinski definition) is 7. The number of nitrogens with zero attached hydrogens (tertiary/aromatic N) is 2. The molecule has 1 fully saturated rings. The van der Waals surface area contributed by atoms with Gasteiger partial charge in [-0.05, 0) is 18.5 Å². The highest BCUT2D eigenvalue weighted by Gasteiger charge is 2.45. The predicted molar refractivity (Wildman–Crippen MR) is 160 cm³/mol. The Kier molecular flexibility index (Phi) is 14.5. The minimum Gasteiger partial charge on any atom is -0.480 e. The second kappa shape index (κ2) is 17.3. The number of aliphatic carboxylic acids is 1. The van der Waals surface area contributed by atoms with Gasteiger partial charge in [0.1, 0.15) is 12.2 Å². The molecule has 1 saturated heterocycles. The fraction of sp³-hybridized carbons (Fsp3) is 0.677. The van der Waals surface area contributed by atoms with Crippen molar-refractivity contribution < 1.29 is 38.1 Å². The number of ether oxygens (including phenoxy) is 2. The normalized spacial score (nSPS) is 20.9. The topological polar surface area (TPSA) is 138 Å². The molecule has 8 atom stereocenters. The monoisotopic (exact) mass is 608 g/mol. The maximum atomic E-state index is 14.9. The van der Waals surface area contributed by atoms with Crippen LogP contribution >= 0.6 is 0 Å². The lowest BCUT2D eigenvalue weighted by molar-refractivity contribution is -0.146. The Hall–Kier alpha value is -3.09. The summed E-state index contributed by atoms with van der Waals surface area (Å²) in [4.78, 5) is 54.6. The van der Waals surface area contributed by atoms with E-state index in [2.05, 4.69) is 10.6 Å².